The molecule has 3 aliphatic heterocycles. The quantitative estimate of drug-likeness (QED) is 0.627. The van der Waals surface area contributed by atoms with Crippen molar-refractivity contribution in [1.82, 2.24) is 9.34 Å². The van der Waals surface area contributed by atoms with E-state index in [0.717, 1.165) is 22.5 Å². The molecule has 32 heavy (non-hydrogen) atoms. The van der Waals surface area contributed by atoms with Gasteiger partial charge in [-0.25, -0.2) is 14.3 Å². The van der Waals surface area contributed by atoms with Gasteiger partial charge in [-0.2, -0.15) is 0 Å². The van der Waals surface area contributed by atoms with Gasteiger partial charge in [0.05, 0.1) is 44.4 Å². The van der Waals surface area contributed by atoms with Crippen LogP contribution < -0.4 is 0 Å². The number of aliphatic imine (C=N–C) groups is 2. The third-order valence-electron chi connectivity index (χ3n) is 5.97. The van der Waals surface area contributed by atoms with Crippen molar-refractivity contribution >= 4 is 35.9 Å². The number of nitrogens with zero attached hydrogens (tertiary/aromatic N) is 4. The average molecular weight is 473 g/mol. The first-order valence-electron chi connectivity index (χ1n) is 10.9. The standard InChI is InChI=1S/C23H26ClN4O3P/c24-19-6-7-21-20(16-19)23(18-4-2-1-3-5-18)25-17-22(26-21)32(29,27-8-12-30-13-9-27)28-10-14-31-15-11-28/h1-7,16H,8-15,17H2. The molecule has 0 aliphatic carbocycles. The molecule has 2 fully saturated rings. The maximum Gasteiger partial charge on any atom is 0.261 e. The summed E-state index contributed by atoms with van der Waals surface area (Å²) >= 11 is 6.35. The van der Waals surface area contributed by atoms with E-state index in [-0.39, 0.29) is 6.54 Å². The number of rotatable bonds is 4. The number of ether oxygens (including phenoxy) is 2. The van der Waals surface area contributed by atoms with Crippen LogP contribution in [0.3, 0.4) is 0 Å². The van der Waals surface area contributed by atoms with Crippen LogP contribution in [-0.2, 0) is 14.0 Å². The van der Waals surface area contributed by atoms with Gasteiger partial charge in [0.25, 0.3) is 7.44 Å². The van der Waals surface area contributed by atoms with Gasteiger partial charge in [0.2, 0.25) is 0 Å². The minimum Gasteiger partial charge on any atom is -0.379 e. The minimum atomic E-state index is -3.14. The first-order valence-corrected chi connectivity index (χ1v) is 12.9. The normalized spacial score (nSPS) is 20.8. The summed E-state index contributed by atoms with van der Waals surface area (Å²) in [5.74, 6) is 0. The van der Waals surface area contributed by atoms with Gasteiger partial charge < -0.3 is 9.47 Å². The Morgan fingerprint density at radius 1 is 0.875 bits per heavy atom. The molecule has 2 aromatic carbocycles. The lowest BCUT2D eigenvalue weighted by Gasteiger charge is -2.42. The van der Waals surface area contributed by atoms with Crippen LogP contribution >= 0.6 is 19.0 Å². The van der Waals surface area contributed by atoms with Gasteiger partial charge in [-0.1, -0.05) is 41.9 Å². The highest BCUT2D eigenvalue weighted by Crippen LogP contribution is 2.56. The molecule has 168 valence electrons. The second kappa shape index (κ2) is 9.56. The number of morpholine rings is 2. The summed E-state index contributed by atoms with van der Waals surface area (Å²) in [6, 6.07) is 15.6. The van der Waals surface area contributed by atoms with Crippen molar-refractivity contribution in [1.29, 1.82) is 0 Å². The lowest BCUT2D eigenvalue weighted by Crippen LogP contribution is -2.45. The predicted molar refractivity (Wildman–Crippen MR) is 128 cm³/mol. The average Bonchev–Trinajstić information content (AvgIpc) is 3.05. The molecule has 0 bridgehead atoms. The zero-order valence-electron chi connectivity index (χ0n) is 17.8. The number of hydrogen-bond donors (Lipinski definition) is 0. The van der Waals surface area contributed by atoms with E-state index in [0.29, 0.717) is 63.1 Å². The fourth-order valence-corrected chi connectivity index (χ4v) is 7.45. The molecule has 3 aliphatic rings. The molecule has 3 heterocycles. The third-order valence-corrected chi connectivity index (χ3v) is 9.45. The number of halogens is 1. The molecule has 9 heteroatoms. The summed E-state index contributed by atoms with van der Waals surface area (Å²) in [7, 11) is -3.14. The Morgan fingerprint density at radius 2 is 1.50 bits per heavy atom. The topological polar surface area (TPSA) is 66.7 Å². The summed E-state index contributed by atoms with van der Waals surface area (Å²) in [5.41, 5.74) is 4.01. The van der Waals surface area contributed by atoms with Crippen LogP contribution in [0.4, 0.5) is 5.69 Å². The highest BCUT2D eigenvalue weighted by Gasteiger charge is 2.43. The summed E-state index contributed by atoms with van der Waals surface area (Å²) in [6.07, 6.45) is 0. The molecule has 0 amide bonds. The molecular weight excluding hydrogens is 447 g/mol. The highest BCUT2D eigenvalue weighted by molar-refractivity contribution is 7.76. The Hall–Kier alpha value is -1.86. The fraction of sp³-hybridized carbons (Fsp3) is 0.391. The first-order chi connectivity index (χ1) is 15.7. The van der Waals surface area contributed by atoms with E-state index in [2.05, 4.69) is 9.34 Å². The van der Waals surface area contributed by atoms with Crippen LogP contribution in [-0.4, -0.2) is 79.7 Å². The summed E-state index contributed by atoms with van der Waals surface area (Å²) < 4.78 is 30.1. The molecule has 0 radical (unpaired) electrons. The van der Waals surface area contributed by atoms with E-state index in [9.17, 15) is 4.57 Å². The molecule has 0 N–H and O–H groups in total. The number of fused-ring (bicyclic) bond motifs is 1. The van der Waals surface area contributed by atoms with Crippen molar-refractivity contribution in [2.45, 2.75) is 0 Å². The van der Waals surface area contributed by atoms with E-state index in [1.165, 1.54) is 0 Å². The van der Waals surface area contributed by atoms with Gasteiger partial charge in [0.15, 0.2) is 0 Å². The zero-order valence-corrected chi connectivity index (χ0v) is 19.5. The lowest BCUT2D eigenvalue weighted by atomic mass is 10.0. The Kier molecular flexibility index (Phi) is 6.56. The lowest BCUT2D eigenvalue weighted by molar-refractivity contribution is 0.0542. The second-order valence-corrected chi connectivity index (χ2v) is 11.1. The van der Waals surface area contributed by atoms with Crippen molar-refractivity contribution in [2.24, 2.45) is 9.98 Å². The van der Waals surface area contributed by atoms with Crippen LogP contribution in [0.2, 0.25) is 5.02 Å². The van der Waals surface area contributed by atoms with Gasteiger partial charge in [-0.3, -0.25) is 9.56 Å². The molecule has 2 aromatic rings. The fourth-order valence-electron chi connectivity index (χ4n) is 4.36. The van der Waals surface area contributed by atoms with Gasteiger partial charge in [0.1, 0.15) is 5.45 Å². The molecule has 2 saturated heterocycles. The van der Waals surface area contributed by atoms with Gasteiger partial charge in [0, 0.05) is 42.3 Å². The van der Waals surface area contributed by atoms with E-state index in [1.807, 2.05) is 48.5 Å². The van der Waals surface area contributed by atoms with Gasteiger partial charge in [-0.15, -0.1) is 0 Å². The largest absolute Gasteiger partial charge is 0.379 e. The van der Waals surface area contributed by atoms with E-state index in [1.54, 1.807) is 0 Å². The minimum absolute atomic E-state index is 0.266. The maximum absolute atomic E-state index is 14.9. The van der Waals surface area contributed by atoms with E-state index in [4.69, 9.17) is 31.1 Å². The predicted octanol–water partition coefficient (Wildman–Crippen LogP) is 4.08. The van der Waals surface area contributed by atoms with Crippen LogP contribution in [0.25, 0.3) is 0 Å². The maximum atomic E-state index is 14.9. The second-order valence-electron chi connectivity index (χ2n) is 7.90. The van der Waals surface area contributed by atoms with Crippen LogP contribution in [0.5, 0.6) is 0 Å². The summed E-state index contributed by atoms with van der Waals surface area (Å²) in [4.78, 5) is 9.95. The van der Waals surface area contributed by atoms with E-state index < -0.39 is 7.44 Å². The Balaban J connectivity index is 1.63. The molecule has 7 nitrogen and oxygen atoms in total. The van der Waals surface area contributed by atoms with E-state index >= 15 is 0 Å². The summed E-state index contributed by atoms with van der Waals surface area (Å²) in [5, 5.41) is 0.621. The zero-order chi connectivity index (χ0) is 22.0. The number of hydrogen-bond acceptors (Lipinski definition) is 5. The van der Waals surface area contributed by atoms with Crippen molar-refractivity contribution in [3.8, 4) is 0 Å². The Labute approximate surface area is 193 Å². The monoisotopic (exact) mass is 472 g/mol. The molecular formula is C23H26ClN4O3P. The van der Waals surface area contributed by atoms with Crippen molar-refractivity contribution in [2.75, 3.05) is 59.2 Å². The highest BCUT2D eigenvalue weighted by atomic mass is 35.5. The smallest absolute Gasteiger partial charge is 0.261 e. The molecule has 0 saturated carbocycles. The Bertz CT molecular complexity index is 1060. The van der Waals surface area contributed by atoms with Gasteiger partial charge in [-0.05, 0) is 18.2 Å². The molecule has 0 atom stereocenters. The molecule has 5 rings (SSSR count). The SMILES string of the molecule is O=P(C1=Nc2ccc(Cl)cc2C(c2ccccc2)=NC1)(N1CCOCC1)N1CCOCC1. The first kappa shape index (κ1) is 22.0. The van der Waals surface area contributed by atoms with Crippen LogP contribution in [0.15, 0.2) is 58.5 Å². The molecule has 0 spiro atoms. The molecule has 0 aromatic heterocycles. The van der Waals surface area contributed by atoms with Crippen molar-refractivity contribution in [3.63, 3.8) is 0 Å². The van der Waals surface area contributed by atoms with Crippen molar-refractivity contribution in [3.05, 3.63) is 64.7 Å². The Morgan fingerprint density at radius 3 is 2.12 bits per heavy atom. The van der Waals surface area contributed by atoms with Gasteiger partial charge >= 0.3 is 0 Å². The van der Waals surface area contributed by atoms with Crippen LogP contribution in [0.1, 0.15) is 11.1 Å². The number of benzene rings is 2. The van der Waals surface area contributed by atoms with Crippen molar-refractivity contribution < 1.29 is 14.0 Å². The molecule has 0 unspecified atom stereocenters. The van der Waals surface area contributed by atoms with Crippen LogP contribution in [0, 0.1) is 0 Å². The summed E-state index contributed by atoms with van der Waals surface area (Å²) in [6.45, 7) is 4.94. The third kappa shape index (κ3) is 4.21.